The molecule has 22 heavy (non-hydrogen) atoms. The first kappa shape index (κ1) is 18.0. The second-order valence-electron chi connectivity index (χ2n) is 4.51. The predicted octanol–water partition coefficient (Wildman–Crippen LogP) is -0.859. The number of aromatic nitrogens is 3. The molecule has 0 aliphatic carbocycles. The van der Waals surface area contributed by atoms with E-state index in [0.29, 0.717) is 0 Å². The van der Waals surface area contributed by atoms with E-state index in [1.807, 2.05) is 0 Å². The van der Waals surface area contributed by atoms with Gasteiger partial charge in [0.1, 0.15) is 0 Å². The number of carbonyl (C=O) groups is 1. The van der Waals surface area contributed by atoms with Crippen molar-refractivity contribution in [3.63, 3.8) is 0 Å². The van der Waals surface area contributed by atoms with Crippen molar-refractivity contribution in [1.29, 1.82) is 0 Å². The Labute approximate surface area is 127 Å². The highest BCUT2D eigenvalue weighted by molar-refractivity contribution is 7.91. The molecule has 11 heteroatoms. The summed E-state index contributed by atoms with van der Waals surface area (Å²) in [6.07, 6.45) is 1.61. The van der Waals surface area contributed by atoms with Gasteiger partial charge < -0.3 is 5.11 Å². The lowest BCUT2D eigenvalue weighted by Crippen LogP contribution is -2.13. The van der Waals surface area contributed by atoms with Crippen LogP contribution in [0.3, 0.4) is 0 Å². The zero-order valence-corrected chi connectivity index (χ0v) is 13.6. The molecule has 1 atom stereocenters. The summed E-state index contributed by atoms with van der Waals surface area (Å²) in [6.45, 7) is 1.44. The zero-order chi connectivity index (χ0) is 17.1. The Hall–Kier alpha value is -2.06. The first-order chi connectivity index (χ1) is 9.91. The van der Waals surface area contributed by atoms with E-state index in [-0.39, 0.29) is 12.2 Å². The average molecular weight is 347 g/mol. The molecule has 1 aromatic heterocycles. The van der Waals surface area contributed by atoms with E-state index in [4.69, 9.17) is 5.11 Å². The molecule has 0 aliphatic rings. The maximum Gasteiger partial charge on any atom is 0.307 e. The first-order valence-electron chi connectivity index (χ1n) is 5.79. The molecule has 1 rings (SSSR count). The van der Waals surface area contributed by atoms with Crippen molar-refractivity contribution >= 4 is 25.6 Å². The van der Waals surface area contributed by atoms with E-state index in [1.165, 1.54) is 6.92 Å². The van der Waals surface area contributed by atoms with E-state index >= 15 is 0 Å². The number of hydrogen-bond acceptors (Lipinski definition) is 8. The molecule has 0 spiro atoms. The van der Waals surface area contributed by atoms with Crippen LogP contribution in [0.5, 0.6) is 0 Å². The summed E-state index contributed by atoms with van der Waals surface area (Å²) >= 11 is 0. The third-order valence-corrected chi connectivity index (χ3v) is 3.98. The molecule has 0 saturated carbocycles. The van der Waals surface area contributed by atoms with E-state index in [9.17, 15) is 21.6 Å². The molecule has 120 valence electrons. The van der Waals surface area contributed by atoms with Crippen molar-refractivity contribution in [2.75, 3.05) is 12.5 Å². The van der Waals surface area contributed by atoms with Crippen LogP contribution >= 0.6 is 0 Å². The first-order valence-corrected chi connectivity index (χ1v) is 9.57. The number of nitrogens with zero attached hydrogens (tertiary/aromatic N) is 3. The maximum absolute atomic E-state index is 11.5. The fourth-order valence-electron chi connectivity index (χ4n) is 1.10. The highest BCUT2D eigenvalue weighted by Crippen LogP contribution is 2.07. The van der Waals surface area contributed by atoms with Crippen molar-refractivity contribution in [1.82, 2.24) is 15.0 Å². The highest BCUT2D eigenvalue weighted by Gasteiger charge is 2.20. The van der Waals surface area contributed by atoms with Crippen LogP contribution in [0.1, 0.15) is 19.2 Å². The second kappa shape index (κ2) is 6.37. The third kappa shape index (κ3) is 5.05. The smallest absolute Gasteiger partial charge is 0.307 e. The summed E-state index contributed by atoms with van der Waals surface area (Å²) in [6, 6.07) is 0. The van der Waals surface area contributed by atoms with Gasteiger partial charge in [0, 0.05) is 18.9 Å². The molecular formula is C11H13N3O6S2. The van der Waals surface area contributed by atoms with E-state index in [0.717, 1.165) is 12.5 Å². The number of carboxylic acids is 1. The summed E-state index contributed by atoms with van der Waals surface area (Å²) in [5, 5.41) is 7.29. The third-order valence-electron chi connectivity index (χ3n) is 2.29. The van der Waals surface area contributed by atoms with Crippen molar-refractivity contribution in [2.24, 2.45) is 5.92 Å². The number of aliphatic carboxylic acids is 1. The molecule has 0 aliphatic heterocycles. The van der Waals surface area contributed by atoms with Crippen LogP contribution in [0.25, 0.3) is 0 Å². The monoisotopic (exact) mass is 347 g/mol. The van der Waals surface area contributed by atoms with Crippen LogP contribution in [0, 0.1) is 17.8 Å². The quantitative estimate of drug-likeness (QED) is 0.688. The summed E-state index contributed by atoms with van der Waals surface area (Å²) < 4.78 is 45.8. The maximum atomic E-state index is 11.5. The van der Waals surface area contributed by atoms with E-state index in [2.05, 4.69) is 26.8 Å². The fourth-order valence-corrected chi connectivity index (χ4v) is 2.16. The molecule has 0 amide bonds. The summed E-state index contributed by atoms with van der Waals surface area (Å²) in [5.74, 6) is 2.68. The molecule has 1 aromatic rings. The van der Waals surface area contributed by atoms with Gasteiger partial charge >= 0.3 is 5.97 Å². The Balaban J connectivity index is 3.32. The van der Waals surface area contributed by atoms with Crippen LogP contribution < -0.4 is 0 Å². The van der Waals surface area contributed by atoms with Gasteiger partial charge in [-0.2, -0.15) is 15.0 Å². The van der Waals surface area contributed by atoms with Gasteiger partial charge in [0.05, 0.1) is 5.92 Å². The van der Waals surface area contributed by atoms with Gasteiger partial charge in [-0.3, -0.25) is 4.79 Å². The normalized spacial score (nSPS) is 13.0. The minimum Gasteiger partial charge on any atom is -0.481 e. The SMILES string of the molecule is CC(CC#Cc1nc(S(C)(=O)=O)nc(S(C)(=O)=O)n1)C(=O)O. The minimum atomic E-state index is -3.85. The van der Waals surface area contributed by atoms with Gasteiger partial charge in [0.15, 0.2) is 0 Å². The Morgan fingerprint density at radius 2 is 1.55 bits per heavy atom. The highest BCUT2D eigenvalue weighted by atomic mass is 32.2. The summed E-state index contributed by atoms with van der Waals surface area (Å²) in [4.78, 5) is 21.2. The average Bonchev–Trinajstić information content (AvgIpc) is 2.36. The Bertz CT molecular complexity index is 815. The number of sulfone groups is 2. The van der Waals surface area contributed by atoms with Crippen molar-refractivity contribution in [3.05, 3.63) is 5.82 Å². The minimum absolute atomic E-state index is 0.0244. The van der Waals surface area contributed by atoms with E-state index in [1.54, 1.807) is 0 Å². The van der Waals surface area contributed by atoms with Gasteiger partial charge in [0.25, 0.3) is 10.3 Å². The Morgan fingerprint density at radius 1 is 1.09 bits per heavy atom. The molecule has 0 fully saturated rings. The molecule has 0 aromatic carbocycles. The number of hydrogen-bond donors (Lipinski definition) is 1. The summed E-state index contributed by atoms with van der Waals surface area (Å²) in [7, 11) is -7.70. The van der Waals surface area contributed by atoms with Crippen molar-refractivity contribution in [3.8, 4) is 11.8 Å². The molecule has 1 N–H and O–H groups in total. The molecule has 0 radical (unpaired) electrons. The van der Waals surface area contributed by atoms with Crippen molar-refractivity contribution < 1.29 is 26.7 Å². The zero-order valence-electron chi connectivity index (χ0n) is 11.9. The Morgan fingerprint density at radius 3 is 1.91 bits per heavy atom. The molecule has 0 bridgehead atoms. The predicted molar refractivity (Wildman–Crippen MR) is 74.3 cm³/mol. The fraction of sp³-hybridized carbons (Fsp3) is 0.455. The number of rotatable bonds is 4. The molecule has 1 heterocycles. The molecular weight excluding hydrogens is 334 g/mol. The lowest BCUT2D eigenvalue weighted by atomic mass is 10.1. The largest absolute Gasteiger partial charge is 0.481 e. The topological polar surface area (TPSA) is 144 Å². The molecule has 9 nitrogen and oxygen atoms in total. The Kier molecular flexibility index (Phi) is 5.21. The molecule has 1 unspecified atom stereocenters. The molecule has 0 saturated heterocycles. The van der Waals surface area contributed by atoms with Gasteiger partial charge in [-0.25, -0.2) is 16.8 Å². The number of carboxylic acid groups (broad SMARTS) is 1. The van der Waals surface area contributed by atoms with Gasteiger partial charge in [-0.15, -0.1) is 0 Å². The van der Waals surface area contributed by atoms with Crippen molar-refractivity contribution in [2.45, 2.75) is 23.7 Å². The standard InChI is InChI=1S/C11H13N3O6S2/c1-7(9(15)16)5-4-6-8-12-10(21(2,17)18)14-11(13-8)22(3,19)20/h7H,5H2,1-3H3,(H,15,16). The lowest BCUT2D eigenvalue weighted by molar-refractivity contribution is -0.140. The van der Waals surface area contributed by atoms with Crippen LogP contribution in [-0.4, -0.2) is 55.4 Å². The van der Waals surface area contributed by atoms with Crippen LogP contribution in [0.2, 0.25) is 0 Å². The lowest BCUT2D eigenvalue weighted by Gasteiger charge is -2.01. The van der Waals surface area contributed by atoms with Crippen LogP contribution in [-0.2, 0) is 24.5 Å². The van der Waals surface area contributed by atoms with E-state index < -0.39 is 41.9 Å². The van der Waals surface area contributed by atoms with Crippen LogP contribution in [0.15, 0.2) is 10.3 Å². The van der Waals surface area contributed by atoms with Gasteiger partial charge in [-0.05, 0) is 5.92 Å². The van der Waals surface area contributed by atoms with Gasteiger partial charge in [-0.1, -0.05) is 12.8 Å². The summed E-state index contributed by atoms with van der Waals surface area (Å²) in [5.41, 5.74) is 0. The second-order valence-corrected chi connectivity index (χ2v) is 8.33. The van der Waals surface area contributed by atoms with Crippen LogP contribution in [0.4, 0.5) is 0 Å². The van der Waals surface area contributed by atoms with Gasteiger partial charge in [0.2, 0.25) is 25.5 Å².